The smallest absolute Gasteiger partial charge is 0.343 e. The first-order valence-electron chi connectivity index (χ1n) is 10.3. The van der Waals surface area contributed by atoms with Crippen molar-refractivity contribution in [3.05, 3.63) is 61.7 Å². The number of pyridine rings is 2. The predicted molar refractivity (Wildman–Crippen MR) is 110 cm³/mol. The minimum absolute atomic E-state index is 0.0731. The van der Waals surface area contributed by atoms with E-state index in [1.165, 1.54) is 6.07 Å². The summed E-state index contributed by atoms with van der Waals surface area (Å²) in [5.41, 5.74) is 9.53. The number of ether oxygens (including phenoxy) is 1. The average molecular weight is 421 g/mol. The Morgan fingerprint density at radius 2 is 2.10 bits per heavy atom. The van der Waals surface area contributed by atoms with Crippen LogP contribution in [0.2, 0.25) is 0 Å². The van der Waals surface area contributed by atoms with Crippen LogP contribution in [0.25, 0.3) is 22.3 Å². The van der Waals surface area contributed by atoms with Crippen LogP contribution in [0.1, 0.15) is 52.8 Å². The minimum Gasteiger partial charge on any atom is -0.458 e. The van der Waals surface area contributed by atoms with Gasteiger partial charge < -0.3 is 20.1 Å². The number of benzene rings is 1. The Bertz CT molecular complexity index is 1430. The van der Waals surface area contributed by atoms with E-state index in [4.69, 9.17) is 15.5 Å². The van der Waals surface area contributed by atoms with E-state index in [0.717, 1.165) is 22.1 Å². The van der Waals surface area contributed by atoms with Gasteiger partial charge in [-0.3, -0.25) is 4.79 Å². The molecule has 8 heteroatoms. The van der Waals surface area contributed by atoms with Crippen molar-refractivity contribution in [2.45, 2.75) is 51.5 Å². The zero-order valence-corrected chi connectivity index (χ0v) is 17.1. The van der Waals surface area contributed by atoms with Gasteiger partial charge in [-0.1, -0.05) is 6.92 Å². The summed E-state index contributed by atoms with van der Waals surface area (Å²) in [7, 11) is 0. The lowest BCUT2D eigenvalue weighted by molar-refractivity contribution is -0.172. The average Bonchev–Trinajstić information content (AvgIpc) is 3.28. The van der Waals surface area contributed by atoms with E-state index < -0.39 is 11.6 Å². The molecule has 0 fully saturated rings. The van der Waals surface area contributed by atoms with Crippen LogP contribution >= 0.6 is 0 Å². The van der Waals surface area contributed by atoms with Crippen LogP contribution in [0.15, 0.2) is 16.9 Å². The van der Waals surface area contributed by atoms with Gasteiger partial charge in [0.05, 0.1) is 29.0 Å². The Hall–Kier alpha value is -3.10. The summed E-state index contributed by atoms with van der Waals surface area (Å²) in [4.78, 5) is 30.4. The van der Waals surface area contributed by atoms with Gasteiger partial charge in [0.25, 0.3) is 5.56 Å². The molecule has 0 saturated heterocycles. The monoisotopic (exact) mass is 421 g/mol. The van der Waals surface area contributed by atoms with E-state index in [-0.39, 0.29) is 48.1 Å². The van der Waals surface area contributed by atoms with Crippen LogP contribution in [0.5, 0.6) is 0 Å². The van der Waals surface area contributed by atoms with Gasteiger partial charge >= 0.3 is 5.97 Å². The number of cyclic esters (lactones) is 1. The fourth-order valence-electron chi connectivity index (χ4n) is 5.41. The molecule has 4 heterocycles. The van der Waals surface area contributed by atoms with Crippen LogP contribution in [-0.2, 0) is 34.7 Å². The number of fused-ring (bicyclic) bond motifs is 5. The van der Waals surface area contributed by atoms with Gasteiger partial charge in [-0.25, -0.2) is 14.2 Å². The normalized spacial score (nSPS) is 23.0. The summed E-state index contributed by atoms with van der Waals surface area (Å²) in [5, 5.41) is 11.9. The van der Waals surface area contributed by atoms with Crippen molar-refractivity contribution in [1.29, 1.82) is 0 Å². The molecule has 2 aromatic heterocycles. The molecular weight excluding hydrogens is 401 g/mol. The van der Waals surface area contributed by atoms with Crippen LogP contribution in [0, 0.1) is 12.7 Å². The number of nitrogens with zero attached hydrogens (tertiary/aromatic N) is 2. The number of hydrogen-bond donors (Lipinski definition) is 2. The fourth-order valence-corrected chi connectivity index (χ4v) is 5.41. The molecule has 3 N–H and O–H groups in total. The van der Waals surface area contributed by atoms with Gasteiger partial charge in [-0.05, 0) is 42.5 Å². The number of aromatic nitrogens is 2. The number of esters is 1. The number of carbonyl (C=O) groups excluding carboxylic acids is 1. The Morgan fingerprint density at radius 3 is 2.84 bits per heavy atom. The maximum atomic E-state index is 14.6. The Morgan fingerprint density at radius 1 is 1.32 bits per heavy atom. The highest BCUT2D eigenvalue weighted by Crippen LogP contribution is 2.46. The molecular formula is C23H20FN3O4. The minimum atomic E-state index is -1.88. The van der Waals surface area contributed by atoms with Gasteiger partial charge in [0.1, 0.15) is 12.4 Å². The van der Waals surface area contributed by atoms with Crippen molar-refractivity contribution in [3.8, 4) is 11.4 Å². The molecule has 1 aromatic carbocycles. The maximum Gasteiger partial charge on any atom is 0.343 e. The van der Waals surface area contributed by atoms with Crippen molar-refractivity contribution in [1.82, 2.24) is 9.55 Å². The van der Waals surface area contributed by atoms with Gasteiger partial charge in [0.2, 0.25) is 0 Å². The van der Waals surface area contributed by atoms with Gasteiger partial charge in [-0.2, -0.15) is 0 Å². The molecule has 7 nitrogen and oxygen atoms in total. The molecule has 3 aromatic rings. The Kier molecular flexibility index (Phi) is 3.47. The molecule has 158 valence electrons. The van der Waals surface area contributed by atoms with E-state index in [1.54, 1.807) is 24.5 Å². The van der Waals surface area contributed by atoms with Crippen LogP contribution < -0.4 is 11.3 Å². The quantitative estimate of drug-likeness (QED) is 0.456. The molecule has 1 aliphatic carbocycles. The predicted octanol–water partition coefficient (Wildman–Crippen LogP) is 2.08. The number of carbonyl (C=O) groups is 1. The zero-order chi connectivity index (χ0) is 21.8. The van der Waals surface area contributed by atoms with Crippen molar-refractivity contribution < 1.29 is 19.0 Å². The molecule has 6 rings (SSSR count). The highest BCUT2D eigenvalue weighted by molar-refractivity contribution is 5.94. The SMILES string of the molecule is CC[C@@]1(O)C(=O)OCc2c1cc1n(c2=O)Cc2c-1nc1cc(F)c(C)c3c1c2[C@@H](N)C3. The van der Waals surface area contributed by atoms with Crippen molar-refractivity contribution in [3.63, 3.8) is 0 Å². The Balaban J connectivity index is 1.69. The van der Waals surface area contributed by atoms with E-state index in [0.29, 0.717) is 28.9 Å². The van der Waals surface area contributed by atoms with E-state index >= 15 is 0 Å². The lowest BCUT2D eigenvalue weighted by Gasteiger charge is -2.31. The number of halogens is 1. The van der Waals surface area contributed by atoms with Gasteiger partial charge in [0, 0.05) is 28.6 Å². The molecule has 0 radical (unpaired) electrons. The third-order valence-electron chi connectivity index (χ3n) is 7.14. The Labute approximate surface area is 176 Å². The topological polar surface area (TPSA) is 107 Å². The first-order chi connectivity index (χ1) is 14.8. The fraction of sp³-hybridized carbons (Fsp3) is 0.348. The highest BCUT2D eigenvalue weighted by atomic mass is 19.1. The third-order valence-corrected chi connectivity index (χ3v) is 7.14. The summed E-state index contributed by atoms with van der Waals surface area (Å²) in [5.74, 6) is -1.10. The molecule has 0 saturated carbocycles. The van der Waals surface area contributed by atoms with Gasteiger partial charge in [0.15, 0.2) is 5.60 Å². The van der Waals surface area contributed by atoms with Crippen LogP contribution in [-0.4, -0.2) is 20.6 Å². The molecule has 31 heavy (non-hydrogen) atoms. The molecule has 0 bridgehead atoms. The maximum absolute atomic E-state index is 14.6. The first-order valence-corrected chi connectivity index (χ1v) is 10.3. The molecule has 2 atom stereocenters. The van der Waals surface area contributed by atoms with Crippen LogP contribution in [0.4, 0.5) is 4.39 Å². The van der Waals surface area contributed by atoms with Gasteiger partial charge in [-0.15, -0.1) is 0 Å². The van der Waals surface area contributed by atoms with E-state index in [1.807, 2.05) is 0 Å². The second kappa shape index (κ2) is 5.77. The summed E-state index contributed by atoms with van der Waals surface area (Å²) in [6.45, 7) is 3.52. The lowest BCUT2D eigenvalue weighted by atomic mass is 9.86. The molecule has 0 spiro atoms. The van der Waals surface area contributed by atoms with Crippen LogP contribution in [0.3, 0.4) is 0 Å². The van der Waals surface area contributed by atoms with Crippen molar-refractivity contribution in [2.75, 3.05) is 0 Å². The summed E-state index contributed by atoms with van der Waals surface area (Å²) < 4.78 is 21.2. The van der Waals surface area contributed by atoms with E-state index in [9.17, 15) is 19.1 Å². The van der Waals surface area contributed by atoms with E-state index in [2.05, 4.69) is 0 Å². The second-order valence-electron chi connectivity index (χ2n) is 8.62. The number of nitrogens with two attached hydrogens (primary N) is 1. The second-order valence-corrected chi connectivity index (χ2v) is 8.62. The summed E-state index contributed by atoms with van der Waals surface area (Å²) >= 11 is 0. The molecule has 2 aliphatic heterocycles. The zero-order valence-electron chi connectivity index (χ0n) is 17.1. The number of rotatable bonds is 1. The summed E-state index contributed by atoms with van der Waals surface area (Å²) in [6, 6.07) is 2.76. The highest BCUT2D eigenvalue weighted by Gasteiger charge is 2.45. The third kappa shape index (κ3) is 2.11. The molecule has 0 amide bonds. The number of aliphatic hydroxyl groups is 1. The number of hydrogen-bond acceptors (Lipinski definition) is 6. The largest absolute Gasteiger partial charge is 0.458 e. The molecule has 3 aliphatic rings. The first kappa shape index (κ1) is 18.7. The molecule has 0 unspecified atom stereocenters. The standard InChI is InChI=1S/C23H20FN3O4/c1-3-23(30)13-5-17-20-11(7-27(17)21(28)12(13)8-31-22(23)29)18-15(25)4-10-9(2)14(24)6-16(26-20)19(10)18/h5-6,15,30H,3-4,7-8,25H2,1-2H3/t15-,23-/m0/s1. The van der Waals surface area contributed by atoms with Crippen molar-refractivity contribution in [2.24, 2.45) is 5.73 Å². The van der Waals surface area contributed by atoms with Crippen molar-refractivity contribution >= 4 is 16.9 Å². The summed E-state index contributed by atoms with van der Waals surface area (Å²) in [6.07, 6.45) is 0.594. The lowest BCUT2D eigenvalue weighted by Crippen LogP contribution is -2.44.